The maximum Gasteiger partial charge on any atom is 0.255 e. The molecule has 6 heteroatoms. The average molecular weight is 402 g/mol. The first kappa shape index (κ1) is 19.0. The Morgan fingerprint density at radius 2 is 1.83 bits per heavy atom. The van der Waals surface area contributed by atoms with E-state index >= 15 is 0 Å². The lowest BCUT2D eigenvalue weighted by Gasteiger charge is -2.12. The molecule has 0 bridgehead atoms. The standard InChI is InChI=1S/C24H26N4O2/c1-15-12-23(29)28(27-15)20-10-6-18(7-11-20)24(30)26-19-8-4-17(5-9-19)21-13-22(21)25-14-16-2-3-16/h4-11,16,21-22,25H,2-3,12-14H2,1H3,(H,26,30). The Balaban J connectivity index is 1.17. The van der Waals surface area contributed by atoms with Crippen LogP contribution in [0.1, 0.15) is 54.4 Å². The molecule has 2 saturated carbocycles. The molecular weight excluding hydrogens is 376 g/mol. The Morgan fingerprint density at radius 3 is 2.47 bits per heavy atom. The van der Waals surface area contributed by atoms with Crippen molar-refractivity contribution in [1.82, 2.24) is 5.32 Å². The minimum atomic E-state index is -0.169. The largest absolute Gasteiger partial charge is 0.322 e. The highest BCUT2D eigenvalue weighted by Crippen LogP contribution is 2.42. The molecule has 2 N–H and O–H groups in total. The van der Waals surface area contributed by atoms with E-state index in [1.165, 1.54) is 29.8 Å². The number of carbonyl (C=O) groups excluding carboxylic acids is 2. The van der Waals surface area contributed by atoms with Crippen LogP contribution in [0.2, 0.25) is 0 Å². The van der Waals surface area contributed by atoms with Crippen molar-refractivity contribution in [2.45, 2.75) is 44.6 Å². The zero-order valence-corrected chi connectivity index (χ0v) is 17.1. The molecule has 2 unspecified atom stereocenters. The van der Waals surface area contributed by atoms with Gasteiger partial charge in [0.15, 0.2) is 0 Å². The van der Waals surface area contributed by atoms with Gasteiger partial charge in [-0.3, -0.25) is 9.59 Å². The highest BCUT2D eigenvalue weighted by Gasteiger charge is 2.38. The van der Waals surface area contributed by atoms with Crippen LogP contribution in [0.15, 0.2) is 53.6 Å². The summed E-state index contributed by atoms with van der Waals surface area (Å²) in [7, 11) is 0. The molecule has 2 aromatic carbocycles. The second-order valence-corrected chi connectivity index (χ2v) is 8.64. The first-order valence-corrected chi connectivity index (χ1v) is 10.7. The number of amides is 2. The van der Waals surface area contributed by atoms with Crippen LogP contribution in [0.4, 0.5) is 11.4 Å². The van der Waals surface area contributed by atoms with E-state index in [2.05, 4.69) is 27.9 Å². The van der Waals surface area contributed by atoms with Gasteiger partial charge in [-0.25, -0.2) is 5.01 Å². The van der Waals surface area contributed by atoms with Crippen molar-refractivity contribution in [2.24, 2.45) is 11.0 Å². The van der Waals surface area contributed by atoms with Crippen molar-refractivity contribution in [2.75, 3.05) is 16.9 Å². The van der Waals surface area contributed by atoms with E-state index in [-0.39, 0.29) is 11.8 Å². The summed E-state index contributed by atoms with van der Waals surface area (Å²) < 4.78 is 0. The fraction of sp³-hybridized carbons (Fsp3) is 0.375. The van der Waals surface area contributed by atoms with Crippen LogP contribution in [0, 0.1) is 5.92 Å². The van der Waals surface area contributed by atoms with Crippen molar-refractivity contribution >= 4 is 28.9 Å². The predicted octanol–water partition coefficient (Wildman–Crippen LogP) is 3.91. The fourth-order valence-corrected chi connectivity index (χ4v) is 3.96. The van der Waals surface area contributed by atoms with Crippen LogP contribution in [-0.4, -0.2) is 30.1 Å². The Kier molecular flexibility index (Phi) is 4.87. The summed E-state index contributed by atoms with van der Waals surface area (Å²) in [6, 6.07) is 15.7. The summed E-state index contributed by atoms with van der Waals surface area (Å²) in [6.45, 7) is 2.99. The molecule has 2 atom stereocenters. The second kappa shape index (κ2) is 7.69. The van der Waals surface area contributed by atoms with Crippen molar-refractivity contribution in [3.63, 3.8) is 0 Å². The Morgan fingerprint density at radius 1 is 1.10 bits per heavy atom. The van der Waals surface area contributed by atoms with Gasteiger partial charge in [0, 0.05) is 28.9 Å². The monoisotopic (exact) mass is 402 g/mol. The lowest BCUT2D eigenvalue weighted by atomic mass is 10.1. The molecular formula is C24H26N4O2. The molecule has 3 aliphatic rings. The van der Waals surface area contributed by atoms with E-state index in [0.717, 1.165) is 23.9 Å². The topological polar surface area (TPSA) is 73.8 Å². The SMILES string of the molecule is CC1=NN(c2ccc(C(=O)Nc3ccc(C4CC4NCC4CC4)cc3)cc2)C(=O)C1. The molecule has 0 spiro atoms. The van der Waals surface area contributed by atoms with E-state index < -0.39 is 0 Å². The lowest BCUT2D eigenvalue weighted by molar-refractivity contribution is -0.116. The van der Waals surface area contributed by atoms with Gasteiger partial charge in [-0.2, -0.15) is 5.10 Å². The third-order valence-electron chi connectivity index (χ3n) is 6.04. The zero-order chi connectivity index (χ0) is 20.7. The fourth-order valence-electron chi connectivity index (χ4n) is 3.96. The number of anilines is 2. The Bertz CT molecular complexity index is 993. The number of hydrogen-bond acceptors (Lipinski definition) is 4. The number of benzene rings is 2. The number of rotatable bonds is 7. The number of hydrazone groups is 1. The molecule has 2 aliphatic carbocycles. The molecule has 2 aromatic rings. The summed E-state index contributed by atoms with van der Waals surface area (Å²) in [6.07, 6.45) is 4.31. The quantitative estimate of drug-likeness (QED) is 0.738. The van der Waals surface area contributed by atoms with Crippen LogP contribution >= 0.6 is 0 Å². The summed E-state index contributed by atoms with van der Waals surface area (Å²) in [5.74, 6) is 1.29. The molecule has 30 heavy (non-hydrogen) atoms. The minimum absolute atomic E-state index is 0.0505. The summed E-state index contributed by atoms with van der Waals surface area (Å²) in [5, 5.41) is 12.2. The van der Waals surface area contributed by atoms with Gasteiger partial charge in [0.05, 0.1) is 12.1 Å². The summed E-state index contributed by atoms with van der Waals surface area (Å²) in [4.78, 5) is 24.5. The molecule has 5 rings (SSSR count). The molecule has 2 fully saturated rings. The van der Waals surface area contributed by atoms with Gasteiger partial charge >= 0.3 is 0 Å². The summed E-state index contributed by atoms with van der Waals surface area (Å²) in [5.41, 5.74) is 4.12. The Labute approximate surface area is 176 Å². The second-order valence-electron chi connectivity index (χ2n) is 8.64. The summed E-state index contributed by atoms with van der Waals surface area (Å²) >= 11 is 0. The number of nitrogens with one attached hydrogen (secondary N) is 2. The minimum Gasteiger partial charge on any atom is -0.322 e. The maximum absolute atomic E-state index is 12.6. The molecule has 0 aromatic heterocycles. The molecule has 2 amide bonds. The predicted molar refractivity (Wildman–Crippen MR) is 118 cm³/mol. The van der Waals surface area contributed by atoms with Crippen LogP contribution in [0.25, 0.3) is 0 Å². The van der Waals surface area contributed by atoms with E-state index in [0.29, 0.717) is 29.6 Å². The smallest absolute Gasteiger partial charge is 0.255 e. The van der Waals surface area contributed by atoms with Crippen LogP contribution in [-0.2, 0) is 4.79 Å². The molecule has 1 heterocycles. The van der Waals surface area contributed by atoms with E-state index in [1.54, 1.807) is 24.3 Å². The van der Waals surface area contributed by atoms with Crippen molar-refractivity contribution in [3.8, 4) is 0 Å². The highest BCUT2D eigenvalue weighted by atomic mass is 16.2. The normalized spacial score (nSPS) is 22.8. The van der Waals surface area contributed by atoms with Crippen LogP contribution < -0.4 is 15.6 Å². The lowest BCUT2D eigenvalue weighted by Crippen LogP contribution is -2.20. The van der Waals surface area contributed by atoms with Crippen LogP contribution in [0.3, 0.4) is 0 Å². The maximum atomic E-state index is 12.6. The van der Waals surface area contributed by atoms with Gasteiger partial charge in [-0.1, -0.05) is 12.1 Å². The van der Waals surface area contributed by atoms with Gasteiger partial charge in [0.1, 0.15) is 0 Å². The third-order valence-corrected chi connectivity index (χ3v) is 6.04. The van der Waals surface area contributed by atoms with E-state index in [4.69, 9.17) is 0 Å². The van der Waals surface area contributed by atoms with Crippen molar-refractivity contribution in [1.29, 1.82) is 0 Å². The van der Waals surface area contributed by atoms with Gasteiger partial charge in [-0.15, -0.1) is 0 Å². The molecule has 1 aliphatic heterocycles. The highest BCUT2D eigenvalue weighted by molar-refractivity contribution is 6.12. The van der Waals surface area contributed by atoms with Gasteiger partial charge < -0.3 is 10.6 Å². The van der Waals surface area contributed by atoms with Crippen molar-refractivity contribution in [3.05, 3.63) is 59.7 Å². The van der Waals surface area contributed by atoms with Gasteiger partial charge in [0.2, 0.25) is 0 Å². The van der Waals surface area contributed by atoms with Crippen LogP contribution in [0.5, 0.6) is 0 Å². The number of hydrogen-bond donors (Lipinski definition) is 2. The average Bonchev–Trinajstić information content (AvgIpc) is 3.66. The molecule has 0 radical (unpaired) electrons. The number of nitrogens with zero attached hydrogens (tertiary/aromatic N) is 2. The zero-order valence-electron chi connectivity index (χ0n) is 17.1. The number of carbonyl (C=O) groups is 2. The van der Waals surface area contributed by atoms with E-state index in [1.807, 2.05) is 19.1 Å². The molecule has 0 saturated heterocycles. The van der Waals surface area contributed by atoms with E-state index in [9.17, 15) is 9.59 Å². The third kappa shape index (κ3) is 4.14. The molecule has 6 nitrogen and oxygen atoms in total. The van der Waals surface area contributed by atoms with Crippen molar-refractivity contribution < 1.29 is 9.59 Å². The molecule has 154 valence electrons. The Hall–Kier alpha value is -2.99. The van der Waals surface area contributed by atoms with Gasteiger partial charge in [0.25, 0.3) is 11.8 Å². The first-order valence-electron chi connectivity index (χ1n) is 10.7. The first-order chi connectivity index (χ1) is 14.6. The van der Waals surface area contributed by atoms with Gasteiger partial charge in [-0.05, 0) is 80.6 Å².